The van der Waals surface area contributed by atoms with E-state index in [2.05, 4.69) is 6.58 Å². The van der Waals surface area contributed by atoms with E-state index in [1.165, 1.54) is 6.07 Å². The van der Waals surface area contributed by atoms with E-state index in [4.69, 9.17) is 0 Å². The van der Waals surface area contributed by atoms with Gasteiger partial charge in [0, 0.05) is 18.3 Å². The number of benzene rings is 2. The summed E-state index contributed by atoms with van der Waals surface area (Å²) in [6, 6.07) is 10.5. The number of hydrogen-bond acceptors (Lipinski definition) is 3. The van der Waals surface area contributed by atoms with E-state index < -0.39 is 22.4 Å². The second kappa shape index (κ2) is 7.59. The molecule has 0 aromatic heterocycles. The minimum Gasteiger partial charge on any atom is -0.361 e. The molecule has 0 fully saturated rings. The molecule has 2 rings (SSSR count). The first-order valence-electron chi connectivity index (χ1n) is 7.95. The molecule has 0 amide bonds. The molecule has 7 heteroatoms. The van der Waals surface area contributed by atoms with E-state index in [1.807, 2.05) is 38.1 Å². The Morgan fingerprint density at radius 3 is 2.35 bits per heavy atom. The van der Waals surface area contributed by atoms with Crippen molar-refractivity contribution in [3.63, 3.8) is 0 Å². The summed E-state index contributed by atoms with van der Waals surface area (Å²) in [6.07, 6.45) is -3.23. The Labute approximate surface area is 149 Å². The highest BCUT2D eigenvalue weighted by Crippen LogP contribution is 2.39. The summed E-state index contributed by atoms with van der Waals surface area (Å²) in [7, 11) is 0. The van der Waals surface area contributed by atoms with Crippen molar-refractivity contribution in [3.8, 4) is 0 Å². The van der Waals surface area contributed by atoms with Crippen molar-refractivity contribution in [2.24, 2.45) is 0 Å². The van der Waals surface area contributed by atoms with Crippen LogP contribution < -0.4 is 4.90 Å². The molecule has 138 valence electrons. The molecule has 0 heterocycles. The predicted octanol–water partition coefficient (Wildman–Crippen LogP) is 5.68. The number of nitro benzene ring substituents is 1. The van der Waals surface area contributed by atoms with Gasteiger partial charge < -0.3 is 4.90 Å². The lowest BCUT2D eigenvalue weighted by atomic mass is 10.0. The molecule has 0 radical (unpaired) electrons. The molecule has 2 aromatic rings. The second-order valence-corrected chi connectivity index (χ2v) is 5.98. The van der Waals surface area contributed by atoms with E-state index in [0.717, 1.165) is 23.3 Å². The quantitative estimate of drug-likeness (QED) is 0.377. The van der Waals surface area contributed by atoms with Crippen LogP contribution in [0.25, 0.3) is 0 Å². The summed E-state index contributed by atoms with van der Waals surface area (Å²) in [4.78, 5) is 11.6. The van der Waals surface area contributed by atoms with Crippen LogP contribution in [0.2, 0.25) is 0 Å². The standard InChI is InChI=1S/C19H19F3N2O2/c1-4-11-23(14(3)15-7-5-13(2)6-8-15)16-9-10-18(24(25)26)17(12-16)19(20,21)22/h4-10,12,14H,1,11H2,2-3H3/t14-/m1/s1. The fourth-order valence-electron chi connectivity index (χ4n) is 2.74. The Morgan fingerprint density at radius 1 is 1.23 bits per heavy atom. The average Bonchev–Trinajstić information content (AvgIpc) is 2.58. The van der Waals surface area contributed by atoms with Gasteiger partial charge in [0.05, 0.1) is 11.0 Å². The van der Waals surface area contributed by atoms with Crippen LogP contribution in [-0.4, -0.2) is 11.5 Å². The van der Waals surface area contributed by atoms with Crippen molar-refractivity contribution in [1.29, 1.82) is 0 Å². The third-order valence-corrected chi connectivity index (χ3v) is 4.17. The van der Waals surface area contributed by atoms with Gasteiger partial charge in [-0.3, -0.25) is 10.1 Å². The van der Waals surface area contributed by atoms with E-state index in [-0.39, 0.29) is 11.7 Å². The lowest BCUT2D eigenvalue weighted by molar-refractivity contribution is -0.388. The smallest absolute Gasteiger partial charge is 0.361 e. The van der Waals surface area contributed by atoms with Crippen LogP contribution in [0.3, 0.4) is 0 Å². The third-order valence-electron chi connectivity index (χ3n) is 4.17. The molecular formula is C19H19F3N2O2. The Bertz CT molecular complexity index is 801. The van der Waals surface area contributed by atoms with Gasteiger partial charge in [-0.15, -0.1) is 6.58 Å². The van der Waals surface area contributed by atoms with E-state index in [9.17, 15) is 23.3 Å². The van der Waals surface area contributed by atoms with Gasteiger partial charge >= 0.3 is 6.18 Å². The van der Waals surface area contributed by atoms with E-state index >= 15 is 0 Å². The topological polar surface area (TPSA) is 46.4 Å². The first-order chi connectivity index (χ1) is 12.1. The summed E-state index contributed by atoms with van der Waals surface area (Å²) in [5.74, 6) is 0. The molecule has 0 aliphatic rings. The maximum atomic E-state index is 13.3. The Kier molecular flexibility index (Phi) is 5.69. The fraction of sp³-hybridized carbons (Fsp3) is 0.263. The fourth-order valence-corrected chi connectivity index (χ4v) is 2.74. The molecule has 0 unspecified atom stereocenters. The maximum absolute atomic E-state index is 13.3. The molecule has 0 aliphatic heterocycles. The lowest BCUT2D eigenvalue weighted by Crippen LogP contribution is -2.27. The lowest BCUT2D eigenvalue weighted by Gasteiger charge is -2.31. The molecule has 2 aromatic carbocycles. The molecule has 0 saturated heterocycles. The molecule has 0 spiro atoms. The zero-order valence-corrected chi connectivity index (χ0v) is 14.5. The molecule has 0 N–H and O–H groups in total. The van der Waals surface area contributed by atoms with Crippen molar-refractivity contribution >= 4 is 11.4 Å². The van der Waals surface area contributed by atoms with Crippen LogP contribution in [0, 0.1) is 17.0 Å². The highest BCUT2D eigenvalue weighted by Gasteiger charge is 2.39. The van der Waals surface area contributed by atoms with Crippen LogP contribution in [0.15, 0.2) is 55.1 Å². The third kappa shape index (κ3) is 4.22. The average molecular weight is 364 g/mol. The minimum absolute atomic E-state index is 0.240. The number of nitrogens with zero attached hydrogens (tertiary/aromatic N) is 2. The zero-order valence-electron chi connectivity index (χ0n) is 14.5. The first-order valence-corrected chi connectivity index (χ1v) is 7.95. The summed E-state index contributed by atoms with van der Waals surface area (Å²) < 4.78 is 39.8. The number of hydrogen-bond donors (Lipinski definition) is 0. The SMILES string of the molecule is C=CCN(c1ccc([N+](=O)[O-])c(C(F)(F)F)c1)[C@H](C)c1ccc(C)cc1. The van der Waals surface area contributed by atoms with Gasteiger partial charge in [0.2, 0.25) is 0 Å². The maximum Gasteiger partial charge on any atom is 0.423 e. The molecule has 1 atom stereocenters. The van der Waals surface area contributed by atoms with Gasteiger partial charge in [-0.25, -0.2) is 0 Å². The number of nitro groups is 1. The summed E-state index contributed by atoms with van der Waals surface area (Å²) in [5, 5.41) is 10.9. The minimum atomic E-state index is -4.81. The predicted molar refractivity (Wildman–Crippen MR) is 95.2 cm³/mol. The normalized spacial score (nSPS) is 12.5. The van der Waals surface area contributed by atoms with Crippen molar-refractivity contribution in [2.45, 2.75) is 26.1 Å². The second-order valence-electron chi connectivity index (χ2n) is 5.98. The number of rotatable bonds is 6. The first kappa shape index (κ1) is 19.5. The van der Waals surface area contributed by atoms with Gasteiger partial charge in [0.25, 0.3) is 5.69 Å². The van der Waals surface area contributed by atoms with E-state index in [0.29, 0.717) is 6.54 Å². The number of alkyl halides is 3. The number of halogens is 3. The monoisotopic (exact) mass is 364 g/mol. The molecule has 0 saturated carbocycles. The molecule has 4 nitrogen and oxygen atoms in total. The Morgan fingerprint density at radius 2 is 1.85 bits per heavy atom. The van der Waals surface area contributed by atoms with Gasteiger partial charge in [0.1, 0.15) is 5.56 Å². The van der Waals surface area contributed by atoms with Crippen LogP contribution in [0.1, 0.15) is 29.7 Å². The highest BCUT2D eigenvalue weighted by molar-refractivity contribution is 5.58. The summed E-state index contributed by atoms with van der Waals surface area (Å²) >= 11 is 0. The number of anilines is 1. The highest BCUT2D eigenvalue weighted by atomic mass is 19.4. The largest absolute Gasteiger partial charge is 0.423 e. The van der Waals surface area contributed by atoms with Crippen molar-refractivity contribution in [3.05, 3.63) is 81.9 Å². The molecular weight excluding hydrogens is 345 g/mol. The zero-order chi connectivity index (χ0) is 19.5. The number of aryl methyl sites for hydroxylation is 1. The molecule has 26 heavy (non-hydrogen) atoms. The van der Waals surface area contributed by atoms with Crippen molar-refractivity contribution < 1.29 is 18.1 Å². The van der Waals surface area contributed by atoms with Gasteiger partial charge in [-0.2, -0.15) is 13.2 Å². The summed E-state index contributed by atoms with van der Waals surface area (Å²) in [6.45, 7) is 7.77. The Balaban J connectivity index is 2.51. The van der Waals surface area contributed by atoms with Crippen LogP contribution in [-0.2, 0) is 6.18 Å². The van der Waals surface area contributed by atoms with Crippen LogP contribution >= 0.6 is 0 Å². The van der Waals surface area contributed by atoms with E-state index in [1.54, 1.807) is 11.0 Å². The molecule has 0 aliphatic carbocycles. The Hall–Kier alpha value is -2.83. The van der Waals surface area contributed by atoms with Crippen molar-refractivity contribution in [2.75, 3.05) is 11.4 Å². The van der Waals surface area contributed by atoms with Crippen LogP contribution in [0.4, 0.5) is 24.5 Å². The van der Waals surface area contributed by atoms with Crippen LogP contribution in [0.5, 0.6) is 0 Å². The van der Waals surface area contributed by atoms with Gasteiger partial charge in [0.15, 0.2) is 0 Å². The van der Waals surface area contributed by atoms with Crippen molar-refractivity contribution in [1.82, 2.24) is 0 Å². The van der Waals surface area contributed by atoms with Gasteiger partial charge in [-0.1, -0.05) is 35.9 Å². The van der Waals surface area contributed by atoms with Gasteiger partial charge in [-0.05, 0) is 31.5 Å². The summed E-state index contributed by atoms with van der Waals surface area (Å²) in [5.41, 5.74) is 0.0270. The molecule has 0 bridgehead atoms.